The van der Waals surface area contributed by atoms with Crippen molar-refractivity contribution in [1.29, 1.82) is 0 Å². The van der Waals surface area contributed by atoms with Crippen molar-refractivity contribution in [3.63, 3.8) is 0 Å². The van der Waals surface area contributed by atoms with Gasteiger partial charge in [0.15, 0.2) is 0 Å². The van der Waals surface area contributed by atoms with Crippen LogP contribution in [0.25, 0.3) is 0 Å². The second-order valence-corrected chi connectivity index (χ2v) is 12.6. The van der Waals surface area contributed by atoms with E-state index in [1.54, 1.807) is 4.90 Å². The van der Waals surface area contributed by atoms with Crippen LogP contribution in [0.15, 0.2) is 48.5 Å². The first-order chi connectivity index (χ1) is 18.6. The van der Waals surface area contributed by atoms with Crippen molar-refractivity contribution in [2.75, 3.05) is 17.1 Å². The van der Waals surface area contributed by atoms with E-state index in [-0.39, 0.29) is 30.8 Å². The van der Waals surface area contributed by atoms with Gasteiger partial charge in [0.25, 0.3) is 0 Å². The summed E-state index contributed by atoms with van der Waals surface area (Å²) in [6.07, 6.45) is 8.47. The number of aryl methyl sites for hydroxylation is 2. The zero-order valence-electron chi connectivity index (χ0n) is 24.0. The van der Waals surface area contributed by atoms with Gasteiger partial charge >= 0.3 is 0 Å². The van der Waals surface area contributed by atoms with Gasteiger partial charge in [-0.1, -0.05) is 75.1 Å². The molecule has 1 atom stereocenters. The minimum absolute atomic E-state index is 0.0985. The number of anilines is 1. The van der Waals surface area contributed by atoms with E-state index < -0.39 is 16.1 Å². The number of amides is 2. The van der Waals surface area contributed by atoms with E-state index in [1.807, 2.05) is 62.4 Å². The predicted molar refractivity (Wildman–Crippen MR) is 158 cm³/mol. The normalized spacial score (nSPS) is 15.0. The fourth-order valence-corrected chi connectivity index (χ4v) is 6.22. The Hall–Kier alpha value is -2.87. The number of carbonyl (C=O) groups is 2. The molecule has 2 aromatic carbocycles. The number of carbonyl (C=O) groups excluding carboxylic acids is 2. The molecule has 2 amide bonds. The molecule has 0 bridgehead atoms. The van der Waals surface area contributed by atoms with Gasteiger partial charge in [0, 0.05) is 25.6 Å². The molecule has 1 fully saturated rings. The van der Waals surface area contributed by atoms with Crippen molar-refractivity contribution in [1.82, 2.24) is 10.2 Å². The molecule has 1 N–H and O–H groups in total. The summed E-state index contributed by atoms with van der Waals surface area (Å²) in [5.41, 5.74) is 3.82. The molecule has 1 aliphatic rings. The van der Waals surface area contributed by atoms with Gasteiger partial charge in [-0.2, -0.15) is 0 Å². The van der Waals surface area contributed by atoms with Gasteiger partial charge in [-0.25, -0.2) is 8.42 Å². The number of benzene rings is 2. The molecule has 0 radical (unpaired) electrons. The lowest BCUT2D eigenvalue weighted by molar-refractivity contribution is -0.141. The summed E-state index contributed by atoms with van der Waals surface area (Å²) >= 11 is 0. The monoisotopic (exact) mass is 555 g/mol. The lowest BCUT2D eigenvalue weighted by Crippen LogP contribution is -2.51. The molecule has 1 unspecified atom stereocenters. The smallest absolute Gasteiger partial charge is 0.243 e. The molecule has 0 heterocycles. The molecule has 214 valence electrons. The van der Waals surface area contributed by atoms with Crippen LogP contribution >= 0.6 is 0 Å². The minimum Gasteiger partial charge on any atom is -0.352 e. The second kappa shape index (κ2) is 14.5. The third kappa shape index (κ3) is 9.09. The molecule has 0 saturated heterocycles. The Kier molecular flexibility index (Phi) is 11.4. The molecule has 8 heteroatoms. The summed E-state index contributed by atoms with van der Waals surface area (Å²) in [5.74, 6) is -0.241. The van der Waals surface area contributed by atoms with Gasteiger partial charge in [0.05, 0.1) is 11.9 Å². The Labute approximate surface area is 235 Å². The molecule has 2 aromatic rings. The van der Waals surface area contributed by atoms with Crippen LogP contribution < -0.4 is 9.62 Å². The van der Waals surface area contributed by atoms with Crippen LogP contribution in [0.2, 0.25) is 0 Å². The number of rotatable bonds is 13. The lowest BCUT2D eigenvalue weighted by atomic mass is 9.95. The van der Waals surface area contributed by atoms with E-state index in [2.05, 4.69) is 12.2 Å². The van der Waals surface area contributed by atoms with Gasteiger partial charge in [-0.3, -0.25) is 13.9 Å². The highest BCUT2D eigenvalue weighted by Gasteiger charge is 2.30. The highest BCUT2D eigenvalue weighted by molar-refractivity contribution is 7.92. The van der Waals surface area contributed by atoms with Gasteiger partial charge in [0.1, 0.15) is 6.04 Å². The maximum atomic E-state index is 13.6. The Balaban J connectivity index is 1.74. The van der Waals surface area contributed by atoms with Crippen molar-refractivity contribution in [2.45, 2.75) is 97.2 Å². The van der Waals surface area contributed by atoms with Crippen molar-refractivity contribution in [3.8, 4) is 0 Å². The summed E-state index contributed by atoms with van der Waals surface area (Å²) in [5, 5.41) is 3.20. The molecule has 1 saturated carbocycles. The summed E-state index contributed by atoms with van der Waals surface area (Å²) in [7, 11) is -3.51. The van der Waals surface area contributed by atoms with Gasteiger partial charge < -0.3 is 10.2 Å². The number of nitrogens with one attached hydrogen (secondary N) is 1. The van der Waals surface area contributed by atoms with E-state index in [0.29, 0.717) is 25.1 Å². The first-order valence-corrected chi connectivity index (χ1v) is 16.2. The van der Waals surface area contributed by atoms with E-state index >= 15 is 0 Å². The van der Waals surface area contributed by atoms with Crippen LogP contribution in [0.3, 0.4) is 0 Å². The van der Waals surface area contributed by atoms with Crippen molar-refractivity contribution in [2.24, 2.45) is 0 Å². The molecule has 0 spiro atoms. The van der Waals surface area contributed by atoms with Crippen LogP contribution in [-0.4, -0.2) is 50.0 Å². The number of nitrogens with zero attached hydrogens (tertiary/aromatic N) is 2. The highest BCUT2D eigenvalue weighted by Crippen LogP contribution is 2.22. The summed E-state index contributed by atoms with van der Waals surface area (Å²) in [6, 6.07) is 15.1. The average Bonchev–Trinajstić information content (AvgIpc) is 2.92. The van der Waals surface area contributed by atoms with Gasteiger partial charge in [-0.15, -0.1) is 0 Å². The SMILES string of the molecule is CCc1ccc(N(CCCC(=O)N(Cc2ccc(C)cc2)C(CC)C(=O)NC2CCCCC2)S(C)(=O)=O)cc1. The average molecular weight is 556 g/mol. The third-order valence-electron chi connectivity index (χ3n) is 7.60. The first-order valence-electron chi connectivity index (χ1n) is 14.3. The summed E-state index contributed by atoms with van der Waals surface area (Å²) < 4.78 is 26.5. The fourth-order valence-electron chi connectivity index (χ4n) is 5.26. The first kappa shape index (κ1) is 30.7. The maximum absolute atomic E-state index is 13.6. The minimum atomic E-state index is -3.51. The molecule has 1 aliphatic carbocycles. The van der Waals surface area contributed by atoms with E-state index in [1.165, 1.54) is 17.0 Å². The van der Waals surface area contributed by atoms with Crippen LogP contribution in [0, 0.1) is 6.92 Å². The Morgan fingerprint density at radius 2 is 1.56 bits per heavy atom. The van der Waals surface area contributed by atoms with Crippen LogP contribution in [0.4, 0.5) is 5.69 Å². The standard InChI is InChI=1S/C31H45N3O4S/c1-5-25-18-20-28(21-19-25)34(39(4,37)38)22-10-13-30(35)33(23-26-16-14-24(3)15-17-26)29(6-2)31(36)32-27-11-8-7-9-12-27/h14-21,27,29H,5-13,22-23H2,1-4H3,(H,32,36). The van der Waals surface area contributed by atoms with Crippen LogP contribution in [0.1, 0.15) is 81.9 Å². The highest BCUT2D eigenvalue weighted by atomic mass is 32.2. The zero-order valence-corrected chi connectivity index (χ0v) is 24.8. The van der Waals surface area contributed by atoms with Gasteiger partial charge in [-0.05, 0) is 62.3 Å². The topological polar surface area (TPSA) is 86.8 Å². The molecule has 7 nitrogen and oxygen atoms in total. The van der Waals surface area contributed by atoms with E-state index in [4.69, 9.17) is 0 Å². The van der Waals surface area contributed by atoms with E-state index in [9.17, 15) is 18.0 Å². The molecule has 3 rings (SSSR count). The fraction of sp³-hybridized carbons (Fsp3) is 0.548. The Morgan fingerprint density at radius 3 is 2.13 bits per heavy atom. The van der Waals surface area contributed by atoms with Crippen molar-refractivity contribution < 1.29 is 18.0 Å². The Morgan fingerprint density at radius 1 is 0.949 bits per heavy atom. The third-order valence-corrected chi connectivity index (χ3v) is 8.79. The van der Waals surface area contributed by atoms with Crippen LogP contribution in [-0.2, 0) is 32.6 Å². The van der Waals surface area contributed by atoms with Gasteiger partial charge in [0.2, 0.25) is 21.8 Å². The van der Waals surface area contributed by atoms with Crippen molar-refractivity contribution in [3.05, 3.63) is 65.2 Å². The van der Waals surface area contributed by atoms with Crippen LogP contribution in [0.5, 0.6) is 0 Å². The number of hydrogen-bond acceptors (Lipinski definition) is 4. The second-order valence-electron chi connectivity index (χ2n) is 10.7. The molecule has 0 aromatic heterocycles. The molecule has 0 aliphatic heterocycles. The molecular formula is C31H45N3O4S. The molecular weight excluding hydrogens is 510 g/mol. The quantitative estimate of drug-likeness (QED) is 0.361. The zero-order chi connectivity index (χ0) is 28.4. The number of hydrogen-bond donors (Lipinski definition) is 1. The summed E-state index contributed by atoms with van der Waals surface area (Å²) in [4.78, 5) is 28.7. The predicted octanol–water partition coefficient (Wildman–Crippen LogP) is 5.36. The molecule has 39 heavy (non-hydrogen) atoms. The lowest BCUT2D eigenvalue weighted by Gasteiger charge is -2.33. The maximum Gasteiger partial charge on any atom is 0.243 e. The summed E-state index contributed by atoms with van der Waals surface area (Å²) in [6.45, 7) is 6.54. The Bertz CT molecular complexity index is 1170. The van der Waals surface area contributed by atoms with Crippen molar-refractivity contribution >= 4 is 27.5 Å². The largest absolute Gasteiger partial charge is 0.352 e. The van der Waals surface area contributed by atoms with E-state index in [0.717, 1.165) is 48.8 Å². The number of sulfonamides is 1.